The van der Waals surface area contributed by atoms with Crippen LogP contribution in [0.5, 0.6) is 0 Å². The van der Waals surface area contributed by atoms with Gasteiger partial charge in [0.1, 0.15) is 12.3 Å². The first-order valence-corrected chi connectivity index (χ1v) is 6.44. The first kappa shape index (κ1) is 15.0. The average Bonchev–Trinajstić information content (AvgIpc) is 2.86. The largest absolute Gasteiger partial charge is 0.472 e. The van der Waals surface area contributed by atoms with Gasteiger partial charge in [0.25, 0.3) is 0 Å². The van der Waals surface area contributed by atoms with Crippen molar-refractivity contribution in [3.63, 3.8) is 0 Å². The summed E-state index contributed by atoms with van der Waals surface area (Å²) in [6.07, 6.45) is 1.56. The fourth-order valence-electron chi connectivity index (χ4n) is 1.50. The maximum absolute atomic E-state index is 7.77. The Morgan fingerprint density at radius 1 is 1.21 bits per heavy atom. The summed E-state index contributed by atoms with van der Waals surface area (Å²) in [5.74, 6) is 0.101. The Hall–Kier alpha value is -2.10. The molecule has 0 radical (unpaired) electrons. The van der Waals surface area contributed by atoms with Crippen LogP contribution in [0.4, 0.5) is 0 Å². The molecule has 0 bridgehead atoms. The third kappa shape index (κ3) is 4.25. The first-order valence-electron chi connectivity index (χ1n) is 6.44. The molecule has 1 aromatic carbocycles. The second-order valence-corrected chi connectivity index (χ2v) is 3.98. The molecule has 0 atom stereocenters. The number of hydrogen-bond donors (Lipinski definition) is 2. The van der Waals surface area contributed by atoms with Gasteiger partial charge < -0.3 is 9.72 Å². The van der Waals surface area contributed by atoms with Crippen LogP contribution in [0.15, 0.2) is 30.6 Å². The molecule has 0 unspecified atom stereocenters. The number of benzene rings is 1. The highest BCUT2D eigenvalue weighted by Gasteiger charge is 2.08. The molecule has 4 nitrogen and oxygen atoms in total. The van der Waals surface area contributed by atoms with Gasteiger partial charge in [-0.25, -0.2) is 4.98 Å². The quantitative estimate of drug-likeness (QED) is 0.653. The molecule has 4 heteroatoms. The lowest BCUT2D eigenvalue weighted by Gasteiger charge is -2.06. The molecule has 0 spiro atoms. The average molecular weight is 259 g/mol. The molecule has 0 saturated heterocycles. The lowest BCUT2D eigenvalue weighted by atomic mass is 10.2. The highest BCUT2D eigenvalue weighted by molar-refractivity contribution is 5.90. The molecule has 19 heavy (non-hydrogen) atoms. The van der Waals surface area contributed by atoms with Crippen molar-refractivity contribution < 1.29 is 4.74 Å². The van der Waals surface area contributed by atoms with Crippen molar-refractivity contribution in [2.75, 3.05) is 0 Å². The molecular weight excluding hydrogens is 238 g/mol. The van der Waals surface area contributed by atoms with E-state index >= 15 is 0 Å². The Bertz CT molecular complexity index is 514. The van der Waals surface area contributed by atoms with E-state index in [1.807, 2.05) is 52.0 Å². The van der Waals surface area contributed by atoms with Gasteiger partial charge in [-0.1, -0.05) is 43.7 Å². The third-order valence-corrected chi connectivity index (χ3v) is 2.55. The van der Waals surface area contributed by atoms with Crippen LogP contribution < -0.4 is 0 Å². The number of nitrogens with one attached hydrogen (secondary N) is 2. The number of imidazole rings is 1. The predicted octanol–water partition coefficient (Wildman–Crippen LogP) is 3.59. The summed E-state index contributed by atoms with van der Waals surface area (Å²) in [5.41, 5.74) is 3.68. The zero-order valence-electron chi connectivity index (χ0n) is 11.9. The van der Waals surface area contributed by atoms with Crippen LogP contribution >= 0.6 is 0 Å². The number of H-pyrrole nitrogens is 1. The molecule has 0 amide bonds. The maximum Gasteiger partial charge on any atom is 0.234 e. The van der Waals surface area contributed by atoms with E-state index in [4.69, 9.17) is 10.1 Å². The zero-order valence-corrected chi connectivity index (χ0v) is 11.9. The molecule has 0 aliphatic heterocycles. The van der Waals surface area contributed by atoms with Crippen LogP contribution in [0.25, 0.3) is 0 Å². The van der Waals surface area contributed by atoms with Gasteiger partial charge in [-0.05, 0) is 19.4 Å². The highest BCUT2D eigenvalue weighted by Crippen LogP contribution is 2.08. The van der Waals surface area contributed by atoms with Crippen molar-refractivity contribution >= 4 is 5.90 Å². The summed E-state index contributed by atoms with van der Waals surface area (Å²) in [6.45, 7) is 8.30. The molecule has 1 aromatic heterocycles. The summed E-state index contributed by atoms with van der Waals surface area (Å²) in [5, 5.41) is 7.77. The van der Waals surface area contributed by atoms with Crippen LogP contribution in [0.3, 0.4) is 0 Å². The fourth-order valence-corrected chi connectivity index (χ4v) is 1.50. The second kappa shape index (κ2) is 7.36. The lowest BCUT2D eigenvalue weighted by Crippen LogP contribution is -2.07. The molecule has 2 rings (SSSR count). The minimum Gasteiger partial charge on any atom is -0.472 e. The minimum absolute atomic E-state index is 0.101. The Kier molecular flexibility index (Phi) is 5.79. The van der Waals surface area contributed by atoms with Gasteiger partial charge in [0, 0.05) is 5.69 Å². The number of ether oxygens (including phenoxy) is 1. The molecule has 102 valence electrons. The van der Waals surface area contributed by atoms with Crippen LogP contribution in [0, 0.1) is 19.3 Å². The smallest absolute Gasteiger partial charge is 0.234 e. The van der Waals surface area contributed by atoms with Crippen LogP contribution in [-0.2, 0) is 11.3 Å². The van der Waals surface area contributed by atoms with Gasteiger partial charge in [0.15, 0.2) is 0 Å². The topological polar surface area (TPSA) is 61.8 Å². The standard InChI is InChI=1S/C13H15N3O.C2H6/c1-9-3-5-11(6-4-9)7-17-13(14)12-10(2)15-8-16-12;1-2/h3-6,8,14H,7H2,1-2H3,(H,15,16);1-2H3. The Morgan fingerprint density at radius 3 is 2.37 bits per heavy atom. The number of nitrogens with zero attached hydrogens (tertiary/aromatic N) is 1. The van der Waals surface area contributed by atoms with Crippen molar-refractivity contribution in [3.8, 4) is 0 Å². The number of aromatic nitrogens is 2. The van der Waals surface area contributed by atoms with Crippen molar-refractivity contribution in [1.29, 1.82) is 5.41 Å². The van der Waals surface area contributed by atoms with Gasteiger partial charge in [-0.2, -0.15) is 0 Å². The SMILES string of the molecule is CC.Cc1ccc(COC(=N)c2nc[nH]c2C)cc1. The van der Waals surface area contributed by atoms with E-state index < -0.39 is 0 Å². The number of hydrogen-bond acceptors (Lipinski definition) is 3. The molecule has 2 N–H and O–H groups in total. The molecule has 0 aliphatic carbocycles. The zero-order chi connectivity index (χ0) is 14.3. The summed E-state index contributed by atoms with van der Waals surface area (Å²) >= 11 is 0. The predicted molar refractivity (Wildman–Crippen MR) is 77.5 cm³/mol. The van der Waals surface area contributed by atoms with Gasteiger partial charge in [-0.3, -0.25) is 5.41 Å². The molecule has 0 aliphatic rings. The molecule has 0 saturated carbocycles. The van der Waals surface area contributed by atoms with Crippen LogP contribution in [-0.4, -0.2) is 15.9 Å². The maximum atomic E-state index is 7.77. The minimum atomic E-state index is 0.101. The molecule has 0 fully saturated rings. The van der Waals surface area contributed by atoms with E-state index in [0.29, 0.717) is 12.3 Å². The lowest BCUT2D eigenvalue weighted by molar-refractivity contribution is 0.290. The normalized spacial score (nSPS) is 9.47. The number of aryl methyl sites for hydroxylation is 2. The van der Waals surface area contributed by atoms with Gasteiger partial charge in [-0.15, -0.1) is 0 Å². The fraction of sp³-hybridized carbons (Fsp3) is 0.333. The van der Waals surface area contributed by atoms with Crippen molar-refractivity contribution in [3.05, 3.63) is 53.1 Å². The Morgan fingerprint density at radius 2 is 1.84 bits per heavy atom. The highest BCUT2D eigenvalue weighted by atomic mass is 16.5. The number of rotatable bonds is 3. The van der Waals surface area contributed by atoms with E-state index in [9.17, 15) is 0 Å². The van der Waals surface area contributed by atoms with Crippen molar-refractivity contribution in [2.45, 2.75) is 34.3 Å². The van der Waals surface area contributed by atoms with Crippen LogP contribution in [0.2, 0.25) is 0 Å². The first-order chi connectivity index (χ1) is 9.16. The summed E-state index contributed by atoms with van der Waals surface area (Å²) in [6, 6.07) is 8.06. The van der Waals surface area contributed by atoms with E-state index in [0.717, 1.165) is 11.3 Å². The molecule has 1 heterocycles. The Balaban J connectivity index is 0.000000861. The van der Waals surface area contributed by atoms with Crippen LogP contribution in [0.1, 0.15) is 36.4 Å². The monoisotopic (exact) mass is 259 g/mol. The third-order valence-electron chi connectivity index (χ3n) is 2.55. The van der Waals surface area contributed by atoms with E-state index in [2.05, 4.69) is 9.97 Å². The molecular formula is C15H21N3O. The Labute approximate surface area is 114 Å². The molecule has 2 aromatic rings. The van der Waals surface area contributed by atoms with Crippen molar-refractivity contribution in [1.82, 2.24) is 9.97 Å². The second-order valence-electron chi connectivity index (χ2n) is 3.98. The number of aromatic amines is 1. The summed E-state index contributed by atoms with van der Waals surface area (Å²) in [4.78, 5) is 6.96. The summed E-state index contributed by atoms with van der Waals surface area (Å²) in [7, 11) is 0. The van der Waals surface area contributed by atoms with E-state index in [-0.39, 0.29) is 5.90 Å². The summed E-state index contributed by atoms with van der Waals surface area (Å²) < 4.78 is 5.39. The van der Waals surface area contributed by atoms with E-state index in [1.54, 1.807) is 6.33 Å². The van der Waals surface area contributed by atoms with Crippen molar-refractivity contribution in [2.24, 2.45) is 0 Å². The van der Waals surface area contributed by atoms with E-state index in [1.165, 1.54) is 5.56 Å². The van der Waals surface area contributed by atoms with Gasteiger partial charge >= 0.3 is 0 Å². The van der Waals surface area contributed by atoms with Gasteiger partial charge in [0.2, 0.25) is 5.90 Å². The van der Waals surface area contributed by atoms with Gasteiger partial charge in [0.05, 0.1) is 6.33 Å².